The zero-order valence-electron chi connectivity index (χ0n) is 10.3. The van der Waals surface area contributed by atoms with Crippen molar-refractivity contribution in [2.45, 2.75) is 0 Å². The fourth-order valence-corrected chi connectivity index (χ4v) is 1.84. The van der Waals surface area contributed by atoms with Gasteiger partial charge in [0.05, 0.1) is 23.7 Å². The van der Waals surface area contributed by atoms with Crippen molar-refractivity contribution in [1.29, 1.82) is 0 Å². The van der Waals surface area contributed by atoms with Gasteiger partial charge in [0.1, 0.15) is 0 Å². The first-order valence-corrected chi connectivity index (χ1v) is 5.96. The lowest BCUT2D eigenvalue weighted by atomic mass is 10.1. The Morgan fingerprint density at radius 1 is 1.32 bits per heavy atom. The molecule has 6 heteroatoms. The summed E-state index contributed by atoms with van der Waals surface area (Å²) in [5, 5.41) is 10.8. The summed E-state index contributed by atoms with van der Waals surface area (Å²) in [6, 6.07) is 6.32. The average Bonchev–Trinajstić information content (AvgIpc) is 2.46. The molecule has 1 amide bonds. The van der Waals surface area contributed by atoms with Gasteiger partial charge in [-0.25, -0.2) is 0 Å². The van der Waals surface area contributed by atoms with Crippen molar-refractivity contribution in [2.75, 3.05) is 26.3 Å². The molecule has 0 bridgehead atoms. The number of nitrogens with zero attached hydrogens (tertiary/aromatic N) is 2. The van der Waals surface area contributed by atoms with Crippen molar-refractivity contribution in [3.63, 3.8) is 0 Å². The Labute approximate surface area is 110 Å². The molecule has 2 rings (SSSR count). The van der Waals surface area contributed by atoms with E-state index in [4.69, 9.17) is 4.74 Å². The number of amides is 1. The number of morpholine rings is 1. The minimum atomic E-state index is -0.459. The molecule has 0 aliphatic carbocycles. The van der Waals surface area contributed by atoms with Gasteiger partial charge in [0.2, 0.25) is 5.91 Å². The van der Waals surface area contributed by atoms with Crippen molar-refractivity contribution < 1.29 is 14.5 Å². The van der Waals surface area contributed by atoms with Crippen LogP contribution < -0.4 is 0 Å². The zero-order chi connectivity index (χ0) is 13.7. The zero-order valence-corrected chi connectivity index (χ0v) is 10.3. The summed E-state index contributed by atoms with van der Waals surface area (Å²) < 4.78 is 5.16. The van der Waals surface area contributed by atoms with Gasteiger partial charge in [0, 0.05) is 25.2 Å². The van der Waals surface area contributed by atoms with Crippen LogP contribution in [0.25, 0.3) is 6.08 Å². The molecule has 1 aromatic carbocycles. The highest BCUT2D eigenvalue weighted by molar-refractivity contribution is 5.92. The van der Waals surface area contributed by atoms with Crippen molar-refractivity contribution in [1.82, 2.24) is 4.90 Å². The SMILES string of the molecule is O=C(C=Cc1ccccc1[N+](=O)[O-])N1CCOCC1. The van der Waals surface area contributed by atoms with Crippen LogP contribution in [0.5, 0.6) is 0 Å². The first-order chi connectivity index (χ1) is 9.18. The highest BCUT2D eigenvalue weighted by atomic mass is 16.6. The second kappa shape index (κ2) is 6.10. The van der Waals surface area contributed by atoms with E-state index in [2.05, 4.69) is 0 Å². The number of hydrogen-bond donors (Lipinski definition) is 0. The van der Waals surface area contributed by atoms with Gasteiger partial charge in [0.15, 0.2) is 0 Å². The number of ether oxygens (including phenoxy) is 1. The highest BCUT2D eigenvalue weighted by Crippen LogP contribution is 2.19. The number of para-hydroxylation sites is 1. The van der Waals surface area contributed by atoms with Crippen LogP contribution in [-0.4, -0.2) is 42.0 Å². The molecule has 1 heterocycles. The Kier molecular flexibility index (Phi) is 4.25. The molecule has 0 saturated carbocycles. The fraction of sp³-hybridized carbons (Fsp3) is 0.308. The number of carbonyl (C=O) groups excluding carboxylic acids is 1. The molecule has 19 heavy (non-hydrogen) atoms. The molecule has 0 spiro atoms. The second-order valence-electron chi connectivity index (χ2n) is 4.09. The summed E-state index contributed by atoms with van der Waals surface area (Å²) in [6.07, 6.45) is 2.85. The molecule has 1 aromatic rings. The number of rotatable bonds is 3. The van der Waals surface area contributed by atoms with Gasteiger partial charge in [-0.1, -0.05) is 12.1 Å². The van der Waals surface area contributed by atoms with E-state index < -0.39 is 4.92 Å². The summed E-state index contributed by atoms with van der Waals surface area (Å²) in [5.41, 5.74) is 0.419. The first-order valence-electron chi connectivity index (χ1n) is 5.96. The van der Waals surface area contributed by atoms with Crippen LogP contribution in [0.2, 0.25) is 0 Å². The molecule has 1 aliphatic rings. The Bertz CT molecular complexity index is 507. The monoisotopic (exact) mass is 262 g/mol. The van der Waals surface area contributed by atoms with E-state index in [1.54, 1.807) is 23.1 Å². The molecule has 0 radical (unpaired) electrons. The van der Waals surface area contributed by atoms with Gasteiger partial charge in [-0.15, -0.1) is 0 Å². The van der Waals surface area contributed by atoms with Gasteiger partial charge in [-0.2, -0.15) is 0 Å². The maximum Gasteiger partial charge on any atom is 0.276 e. The minimum absolute atomic E-state index is 0.00599. The number of nitro benzene ring substituents is 1. The maximum absolute atomic E-state index is 11.9. The molecule has 1 aliphatic heterocycles. The lowest BCUT2D eigenvalue weighted by Crippen LogP contribution is -2.39. The summed E-state index contributed by atoms with van der Waals surface area (Å²) in [6.45, 7) is 2.18. The topological polar surface area (TPSA) is 72.7 Å². The Morgan fingerprint density at radius 2 is 2.00 bits per heavy atom. The summed E-state index contributed by atoms with van der Waals surface area (Å²) >= 11 is 0. The summed E-state index contributed by atoms with van der Waals surface area (Å²) in [7, 11) is 0. The first kappa shape index (κ1) is 13.2. The van der Waals surface area contributed by atoms with E-state index in [0.717, 1.165) is 0 Å². The van der Waals surface area contributed by atoms with E-state index in [-0.39, 0.29) is 11.6 Å². The number of benzene rings is 1. The molecule has 0 unspecified atom stereocenters. The van der Waals surface area contributed by atoms with Crippen LogP contribution in [0.15, 0.2) is 30.3 Å². The molecule has 0 atom stereocenters. The van der Waals surface area contributed by atoms with E-state index in [1.165, 1.54) is 18.2 Å². The van der Waals surface area contributed by atoms with Crippen LogP contribution in [0, 0.1) is 10.1 Å². The molecule has 0 N–H and O–H groups in total. The number of hydrogen-bond acceptors (Lipinski definition) is 4. The number of carbonyl (C=O) groups is 1. The largest absolute Gasteiger partial charge is 0.378 e. The van der Waals surface area contributed by atoms with Crippen molar-refractivity contribution in [3.8, 4) is 0 Å². The van der Waals surface area contributed by atoms with Crippen LogP contribution in [-0.2, 0) is 9.53 Å². The fourth-order valence-electron chi connectivity index (χ4n) is 1.84. The molecule has 1 saturated heterocycles. The third-order valence-corrected chi connectivity index (χ3v) is 2.86. The van der Waals surface area contributed by atoms with Crippen molar-refractivity contribution in [3.05, 3.63) is 46.0 Å². The smallest absolute Gasteiger partial charge is 0.276 e. The Balaban J connectivity index is 2.09. The van der Waals surface area contributed by atoms with Gasteiger partial charge >= 0.3 is 0 Å². The molecule has 6 nitrogen and oxygen atoms in total. The van der Waals surface area contributed by atoms with E-state index >= 15 is 0 Å². The molecule has 0 aromatic heterocycles. The predicted molar refractivity (Wildman–Crippen MR) is 69.5 cm³/mol. The highest BCUT2D eigenvalue weighted by Gasteiger charge is 2.15. The summed E-state index contributed by atoms with van der Waals surface area (Å²) in [4.78, 5) is 23.9. The molecule has 100 valence electrons. The lowest BCUT2D eigenvalue weighted by Gasteiger charge is -2.25. The molecular formula is C13H14N2O4. The lowest BCUT2D eigenvalue weighted by molar-refractivity contribution is -0.385. The van der Waals surface area contributed by atoms with E-state index in [1.807, 2.05) is 0 Å². The average molecular weight is 262 g/mol. The third kappa shape index (κ3) is 3.38. The normalized spacial score (nSPS) is 15.7. The summed E-state index contributed by atoms with van der Waals surface area (Å²) in [5.74, 6) is -0.151. The molecule has 1 fully saturated rings. The Morgan fingerprint density at radius 3 is 2.68 bits per heavy atom. The quantitative estimate of drug-likeness (QED) is 0.469. The maximum atomic E-state index is 11.9. The van der Waals surface area contributed by atoms with Crippen LogP contribution in [0.1, 0.15) is 5.56 Å². The van der Waals surface area contributed by atoms with E-state index in [0.29, 0.717) is 31.9 Å². The van der Waals surface area contributed by atoms with Gasteiger partial charge in [-0.3, -0.25) is 14.9 Å². The van der Waals surface area contributed by atoms with E-state index in [9.17, 15) is 14.9 Å². The third-order valence-electron chi connectivity index (χ3n) is 2.86. The van der Waals surface area contributed by atoms with Gasteiger partial charge in [-0.05, 0) is 12.1 Å². The van der Waals surface area contributed by atoms with Crippen molar-refractivity contribution in [2.24, 2.45) is 0 Å². The van der Waals surface area contributed by atoms with Crippen LogP contribution >= 0.6 is 0 Å². The Hall–Kier alpha value is -2.21. The second-order valence-corrected chi connectivity index (χ2v) is 4.09. The molecular weight excluding hydrogens is 248 g/mol. The van der Waals surface area contributed by atoms with Gasteiger partial charge < -0.3 is 9.64 Å². The minimum Gasteiger partial charge on any atom is -0.378 e. The van der Waals surface area contributed by atoms with Crippen LogP contribution in [0.3, 0.4) is 0 Å². The van der Waals surface area contributed by atoms with Crippen molar-refractivity contribution >= 4 is 17.7 Å². The predicted octanol–water partition coefficient (Wildman–Crippen LogP) is 1.47. The van der Waals surface area contributed by atoms with Gasteiger partial charge in [0.25, 0.3) is 5.69 Å². The van der Waals surface area contributed by atoms with Crippen LogP contribution in [0.4, 0.5) is 5.69 Å². The standard InChI is InChI=1S/C13H14N2O4/c16-13(14-7-9-19-10-8-14)6-5-11-3-1-2-4-12(11)15(17)18/h1-6H,7-10H2. The number of nitro groups is 1.